The second kappa shape index (κ2) is 9.19. The van der Waals surface area contributed by atoms with Gasteiger partial charge in [0.05, 0.1) is 6.20 Å². The number of carbonyl (C=O) groups is 2. The van der Waals surface area contributed by atoms with Gasteiger partial charge in [-0.15, -0.1) is 0 Å². The molecule has 0 aliphatic rings. The summed E-state index contributed by atoms with van der Waals surface area (Å²) in [6, 6.07) is 13.7. The topological polar surface area (TPSA) is 78.6 Å². The quantitative estimate of drug-likeness (QED) is 0.403. The van der Waals surface area contributed by atoms with Crippen molar-refractivity contribution in [1.82, 2.24) is 4.98 Å². The van der Waals surface area contributed by atoms with Gasteiger partial charge in [0, 0.05) is 22.6 Å². The molecule has 0 amide bonds. The van der Waals surface area contributed by atoms with E-state index in [-0.39, 0.29) is 24.9 Å². The maximum atomic E-state index is 11.8. The smallest absolute Gasteiger partial charge is 0.344 e. The van der Waals surface area contributed by atoms with E-state index in [9.17, 15) is 9.59 Å². The molecule has 0 saturated heterocycles. The molecular weight excluding hydrogens is 382 g/mol. The summed E-state index contributed by atoms with van der Waals surface area (Å²) in [5, 5.41) is 0.629. The van der Waals surface area contributed by atoms with Crippen molar-refractivity contribution < 1.29 is 23.5 Å². The van der Waals surface area contributed by atoms with E-state index in [2.05, 4.69) is 4.98 Å². The molecule has 7 heteroatoms. The number of rotatable bonds is 8. The molecule has 6 nitrogen and oxygen atoms in total. The number of hydrogen-bond acceptors (Lipinski definition) is 6. The Morgan fingerprint density at radius 2 is 1.79 bits per heavy atom. The van der Waals surface area contributed by atoms with Crippen LogP contribution in [0.3, 0.4) is 0 Å². The van der Waals surface area contributed by atoms with Crippen LogP contribution in [0.1, 0.15) is 29.6 Å². The van der Waals surface area contributed by atoms with E-state index in [0.717, 1.165) is 5.56 Å². The third kappa shape index (κ3) is 5.20. The highest BCUT2D eigenvalue weighted by molar-refractivity contribution is 6.30. The summed E-state index contributed by atoms with van der Waals surface area (Å²) >= 11 is 5.86. The van der Waals surface area contributed by atoms with E-state index in [1.54, 1.807) is 49.5 Å². The van der Waals surface area contributed by atoms with Gasteiger partial charge in [-0.3, -0.25) is 4.79 Å². The number of benzene rings is 2. The number of ether oxygens (including phenoxy) is 2. The lowest BCUT2D eigenvalue weighted by atomic mass is 10.1. The predicted octanol–water partition coefficient (Wildman–Crippen LogP) is 4.71. The SMILES string of the molecule is CCC(=O)c1ccc(OCC(=O)OCc2ncc(-c3ccc(Cl)cc3)o2)cc1. The summed E-state index contributed by atoms with van der Waals surface area (Å²) in [4.78, 5) is 27.5. The van der Waals surface area contributed by atoms with Crippen molar-refractivity contribution in [3.8, 4) is 17.1 Å². The lowest BCUT2D eigenvalue weighted by Gasteiger charge is -2.06. The van der Waals surface area contributed by atoms with Crippen molar-refractivity contribution in [3.05, 3.63) is 71.2 Å². The Morgan fingerprint density at radius 1 is 1.07 bits per heavy atom. The monoisotopic (exact) mass is 399 g/mol. The lowest BCUT2D eigenvalue weighted by molar-refractivity contribution is -0.148. The van der Waals surface area contributed by atoms with Gasteiger partial charge in [-0.2, -0.15) is 0 Å². The molecule has 0 aliphatic carbocycles. The van der Waals surface area contributed by atoms with Gasteiger partial charge >= 0.3 is 5.97 Å². The van der Waals surface area contributed by atoms with Gasteiger partial charge in [-0.05, 0) is 48.5 Å². The van der Waals surface area contributed by atoms with E-state index in [4.69, 9.17) is 25.5 Å². The average Bonchev–Trinajstić information content (AvgIpc) is 3.20. The normalized spacial score (nSPS) is 10.5. The Kier molecular flexibility index (Phi) is 6.45. The van der Waals surface area contributed by atoms with Crippen LogP contribution in [-0.2, 0) is 16.1 Å². The van der Waals surface area contributed by atoms with Crippen LogP contribution in [0, 0.1) is 0 Å². The minimum atomic E-state index is -0.556. The molecule has 0 fully saturated rings. The van der Waals surface area contributed by atoms with Gasteiger partial charge in [-0.1, -0.05) is 18.5 Å². The molecular formula is C21H18ClNO5. The summed E-state index contributed by atoms with van der Waals surface area (Å²) in [5.41, 5.74) is 1.43. The predicted molar refractivity (Wildman–Crippen MR) is 103 cm³/mol. The van der Waals surface area contributed by atoms with Crippen LogP contribution in [0.15, 0.2) is 59.1 Å². The van der Waals surface area contributed by atoms with E-state index in [0.29, 0.717) is 28.5 Å². The fourth-order valence-corrected chi connectivity index (χ4v) is 2.52. The van der Waals surface area contributed by atoms with Crippen LogP contribution in [0.4, 0.5) is 0 Å². The highest BCUT2D eigenvalue weighted by atomic mass is 35.5. The van der Waals surface area contributed by atoms with Crippen molar-refractivity contribution in [2.24, 2.45) is 0 Å². The number of aromatic nitrogens is 1. The highest BCUT2D eigenvalue weighted by Crippen LogP contribution is 2.22. The summed E-state index contributed by atoms with van der Waals surface area (Å²) in [6.45, 7) is 1.45. The van der Waals surface area contributed by atoms with Crippen LogP contribution < -0.4 is 4.74 Å². The Hall–Kier alpha value is -3.12. The molecule has 0 N–H and O–H groups in total. The largest absolute Gasteiger partial charge is 0.482 e. The standard InChI is InChI=1S/C21H18ClNO5/c1-2-18(24)14-5-9-17(10-6-14)26-13-21(25)27-12-20-23-11-19(28-20)15-3-7-16(22)8-4-15/h3-11H,2,12-13H2,1H3. The Balaban J connectivity index is 1.47. The number of esters is 1. The molecule has 0 aliphatic heterocycles. The molecule has 1 aromatic heterocycles. The van der Waals surface area contributed by atoms with Crippen molar-refractivity contribution >= 4 is 23.4 Å². The van der Waals surface area contributed by atoms with Crippen LogP contribution in [0.5, 0.6) is 5.75 Å². The van der Waals surface area contributed by atoms with Crippen LogP contribution in [0.25, 0.3) is 11.3 Å². The van der Waals surface area contributed by atoms with Gasteiger partial charge in [0.25, 0.3) is 0 Å². The second-order valence-corrected chi connectivity index (χ2v) is 6.31. The minimum absolute atomic E-state index is 0.0508. The molecule has 0 unspecified atom stereocenters. The molecule has 1 heterocycles. The van der Waals surface area contributed by atoms with Crippen molar-refractivity contribution in [2.45, 2.75) is 20.0 Å². The molecule has 0 saturated carbocycles. The number of hydrogen-bond donors (Lipinski definition) is 0. The fourth-order valence-electron chi connectivity index (χ4n) is 2.39. The zero-order valence-corrected chi connectivity index (χ0v) is 15.9. The molecule has 28 heavy (non-hydrogen) atoms. The van der Waals surface area contributed by atoms with Crippen molar-refractivity contribution in [1.29, 1.82) is 0 Å². The number of Topliss-reactive ketones (excluding diaryl/α,β-unsaturated/α-hetero) is 1. The van der Waals surface area contributed by atoms with E-state index >= 15 is 0 Å². The zero-order chi connectivity index (χ0) is 19.9. The molecule has 0 atom stereocenters. The molecule has 0 bridgehead atoms. The first kappa shape index (κ1) is 19.6. The Labute approximate surface area is 167 Å². The summed E-state index contributed by atoms with van der Waals surface area (Å²) in [7, 11) is 0. The fraction of sp³-hybridized carbons (Fsp3) is 0.190. The first-order chi connectivity index (χ1) is 13.5. The number of ketones is 1. The number of carbonyl (C=O) groups excluding carboxylic acids is 2. The Bertz CT molecular complexity index is 948. The van der Waals surface area contributed by atoms with E-state index in [1.165, 1.54) is 0 Å². The van der Waals surface area contributed by atoms with Crippen LogP contribution in [-0.4, -0.2) is 23.3 Å². The lowest BCUT2D eigenvalue weighted by Crippen LogP contribution is -2.14. The van der Waals surface area contributed by atoms with E-state index in [1.807, 2.05) is 12.1 Å². The van der Waals surface area contributed by atoms with Crippen LogP contribution >= 0.6 is 11.6 Å². The third-order valence-electron chi connectivity index (χ3n) is 3.89. The molecule has 3 aromatic rings. The third-order valence-corrected chi connectivity index (χ3v) is 4.15. The number of nitrogens with zero attached hydrogens (tertiary/aromatic N) is 1. The minimum Gasteiger partial charge on any atom is -0.482 e. The molecule has 2 aromatic carbocycles. The molecule has 144 valence electrons. The highest BCUT2D eigenvalue weighted by Gasteiger charge is 2.11. The first-order valence-electron chi connectivity index (χ1n) is 8.67. The summed E-state index contributed by atoms with van der Waals surface area (Å²) in [6.07, 6.45) is 2.00. The second-order valence-electron chi connectivity index (χ2n) is 5.88. The van der Waals surface area contributed by atoms with Crippen molar-refractivity contribution in [3.63, 3.8) is 0 Å². The summed E-state index contributed by atoms with van der Waals surface area (Å²) < 4.78 is 16.0. The maximum absolute atomic E-state index is 11.8. The van der Waals surface area contributed by atoms with Crippen LogP contribution in [0.2, 0.25) is 5.02 Å². The molecule has 0 radical (unpaired) electrons. The Morgan fingerprint density at radius 3 is 2.46 bits per heavy atom. The number of halogens is 1. The van der Waals surface area contributed by atoms with Gasteiger partial charge in [-0.25, -0.2) is 9.78 Å². The average molecular weight is 400 g/mol. The van der Waals surface area contributed by atoms with Gasteiger partial charge in [0.15, 0.2) is 24.8 Å². The zero-order valence-electron chi connectivity index (χ0n) is 15.2. The first-order valence-corrected chi connectivity index (χ1v) is 9.05. The summed E-state index contributed by atoms with van der Waals surface area (Å²) in [5.74, 6) is 0.807. The van der Waals surface area contributed by atoms with Gasteiger partial charge < -0.3 is 13.9 Å². The molecule has 3 rings (SSSR count). The maximum Gasteiger partial charge on any atom is 0.344 e. The van der Waals surface area contributed by atoms with Crippen molar-refractivity contribution in [2.75, 3.05) is 6.61 Å². The van der Waals surface area contributed by atoms with Gasteiger partial charge in [0.2, 0.25) is 5.89 Å². The van der Waals surface area contributed by atoms with E-state index < -0.39 is 5.97 Å². The number of oxazole rings is 1. The molecule has 0 spiro atoms. The van der Waals surface area contributed by atoms with Gasteiger partial charge in [0.1, 0.15) is 5.75 Å².